The zero-order chi connectivity index (χ0) is 22.3. The first kappa shape index (κ1) is 26.6. The molecule has 1 unspecified atom stereocenters. The zero-order valence-corrected chi connectivity index (χ0v) is 22.1. The molecule has 8 nitrogen and oxygen atoms in total. The minimum atomic E-state index is -0.528. The first-order valence-electron chi connectivity index (χ1n) is 11.2. The van der Waals surface area contributed by atoms with Gasteiger partial charge in [-0.1, -0.05) is 6.07 Å². The minimum absolute atomic E-state index is 0. The average Bonchev–Trinajstić information content (AvgIpc) is 3.36. The van der Waals surface area contributed by atoms with Crippen molar-refractivity contribution in [1.82, 2.24) is 20.1 Å². The van der Waals surface area contributed by atoms with Gasteiger partial charge in [0.2, 0.25) is 0 Å². The normalized spacial score (nSPS) is 20.9. The Kier molecular flexibility index (Phi) is 10.00. The van der Waals surface area contributed by atoms with Gasteiger partial charge < -0.3 is 24.6 Å². The number of nitrogens with zero attached hydrogens (tertiary/aromatic N) is 4. The third-order valence-corrected chi connectivity index (χ3v) is 5.77. The van der Waals surface area contributed by atoms with Crippen LogP contribution in [0.4, 0.5) is 4.79 Å². The van der Waals surface area contributed by atoms with Crippen molar-refractivity contribution in [3.8, 4) is 0 Å². The van der Waals surface area contributed by atoms with Gasteiger partial charge in [0, 0.05) is 57.6 Å². The Hall–Kier alpha value is -1.62. The number of aliphatic imine (C=N–C) groups is 1. The van der Waals surface area contributed by atoms with Crippen LogP contribution in [0, 0.1) is 5.41 Å². The number of nitrogens with one attached hydrogen (secondary N) is 1. The second-order valence-corrected chi connectivity index (χ2v) is 9.56. The number of aromatic nitrogens is 1. The molecule has 0 saturated carbocycles. The fraction of sp³-hybridized carbons (Fsp3) is 0.696. The van der Waals surface area contributed by atoms with Crippen LogP contribution in [-0.2, 0) is 16.0 Å². The molecule has 1 aromatic rings. The summed E-state index contributed by atoms with van der Waals surface area (Å²) >= 11 is 0. The van der Waals surface area contributed by atoms with E-state index in [9.17, 15) is 4.79 Å². The van der Waals surface area contributed by atoms with E-state index >= 15 is 0 Å². The number of halogens is 1. The average molecular weight is 559 g/mol. The second-order valence-electron chi connectivity index (χ2n) is 9.56. The molecule has 2 aliphatic rings. The van der Waals surface area contributed by atoms with Crippen LogP contribution in [0.25, 0.3) is 0 Å². The Balaban J connectivity index is 0.00000363. The second kappa shape index (κ2) is 12.0. The largest absolute Gasteiger partial charge is 0.444 e. The monoisotopic (exact) mass is 559 g/mol. The third-order valence-electron chi connectivity index (χ3n) is 5.77. The molecule has 0 radical (unpaired) electrons. The van der Waals surface area contributed by atoms with E-state index in [2.05, 4.69) is 20.2 Å². The van der Waals surface area contributed by atoms with Crippen LogP contribution in [0.3, 0.4) is 0 Å². The molecule has 3 rings (SSSR count). The van der Waals surface area contributed by atoms with Gasteiger partial charge in [-0.3, -0.25) is 9.98 Å². The first-order valence-corrected chi connectivity index (χ1v) is 11.2. The zero-order valence-electron chi connectivity index (χ0n) is 19.8. The summed E-state index contributed by atoms with van der Waals surface area (Å²) in [4.78, 5) is 25.4. The number of rotatable bonds is 6. The summed E-state index contributed by atoms with van der Waals surface area (Å²) in [6.45, 7) is 11.2. The molecular formula is C23H38IN5O3. The number of carbonyl (C=O) groups is 1. The minimum Gasteiger partial charge on any atom is -0.444 e. The maximum Gasteiger partial charge on any atom is 0.410 e. The quantitative estimate of drug-likeness (QED) is 0.249. The highest BCUT2D eigenvalue weighted by Gasteiger charge is 2.42. The van der Waals surface area contributed by atoms with E-state index in [4.69, 9.17) is 9.47 Å². The highest BCUT2D eigenvalue weighted by molar-refractivity contribution is 14.0. The number of likely N-dealkylation sites (tertiary alicyclic amines) is 1. The van der Waals surface area contributed by atoms with Gasteiger partial charge in [0.1, 0.15) is 5.60 Å². The number of ether oxygens (including phenoxy) is 2. The van der Waals surface area contributed by atoms with Crippen molar-refractivity contribution in [3.63, 3.8) is 0 Å². The van der Waals surface area contributed by atoms with Crippen LogP contribution < -0.4 is 5.32 Å². The number of hydrogen-bond donors (Lipinski definition) is 1. The molecule has 2 fully saturated rings. The van der Waals surface area contributed by atoms with Gasteiger partial charge in [-0.25, -0.2) is 4.79 Å². The molecule has 2 aliphatic heterocycles. The molecule has 0 aromatic carbocycles. The summed E-state index contributed by atoms with van der Waals surface area (Å²) < 4.78 is 11.2. The number of amides is 1. The van der Waals surface area contributed by atoms with Crippen LogP contribution in [0.15, 0.2) is 29.5 Å². The van der Waals surface area contributed by atoms with Crippen molar-refractivity contribution >= 4 is 36.0 Å². The highest BCUT2D eigenvalue weighted by Crippen LogP contribution is 2.38. The molecular weight excluding hydrogens is 521 g/mol. The van der Waals surface area contributed by atoms with E-state index in [0.29, 0.717) is 18.5 Å². The fourth-order valence-corrected chi connectivity index (χ4v) is 4.16. The van der Waals surface area contributed by atoms with Crippen LogP contribution >= 0.6 is 24.0 Å². The first-order chi connectivity index (χ1) is 14.8. The standard InChI is InChI=1S/C23H37N5O3.HI/c1-22(2,3)31-21(29)27(16-19-7-5-10-25-15-19)12-6-11-26-20(24-4)28-13-8-23(17-28)9-14-30-18-23;/h5,7,10,15H,6,8-9,11-14,16-18H2,1-4H3,(H,24,26);1H. The number of carbonyl (C=O) groups excluding carboxylic acids is 1. The summed E-state index contributed by atoms with van der Waals surface area (Å²) in [7, 11) is 1.83. The van der Waals surface area contributed by atoms with E-state index in [-0.39, 0.29) is 30.1 Å². The van der Waals surface area contributed by atoms with Gasteiger partial charge in [0.05, 0.1) is 13.2 Å². The van der Waals surface area contributed by atoms with Gasteiger partial charge in [0.15, 0.2) is 5.96 Å². The van der Waals surface area contributed by atoms with E-state index in [1.165, 1.54) is 0 Å². The molecule has 0 aliphatic carbocycles. The van der Waals surface area contributed by atoms with E-state index < -0.39 is 5.60 Å². The molecule has 9 heteroatoms. The number of hydrogen-bond acceptors (Lipinski definition) is 5. The van der Waals surface area contributed by atoms with Crippen molar-refractivity contribution in [2.75, 3.05) is 46.4 Å². The maximum absolute atomic E-state index is 12.7. The van der Waals surface area contributed by atoms with Gasteiger partial charge in [-0.05, 0) is 51.7 Å². The van der Waals surface area contributed by atoms with Crippen molar-refractivity contribution in [2.45, 2.75) is 52.2 Å². The van der Waals surface area contributed by atoms with Crippen LogP contribution in [0.2, 0.25) is 0 Å². The lowest BCUT2D eigenvalue weighted by Gasteiger charge is -2.28. The highest BCUT2D eigenvalue weighted by atomic mass is 127. The maximum atomic E-state index is 12.7. The lowest BCUT2D eigenvalue weighted by molar-refractivity contribution is 0.0232. The molecule has 1 N–H and O–H groups in total. The molecule has 2 saturated heterocycles. The summed E-state index contributed by atoms with van der Waals surface area (Å²) in [6, 6.07) is 3.85. The molecule has 0 bridgehead atoms. The van der Waals surface area contributed by atoms with Gasteiger partial charge in [-0.2, -0.15) is 0 Å². The smallest absolute Gasteiger partial charge is 0.410 e. The Bertz CT molecular complexity index is 748. The van der Waals surface area contributed by atoms with Crippen molar-refractivity contribution in [1.29, 1.82) is 0 Å². The molecule has 32 heavy (non-hydrogen) atoms. The summed E-state index contributed by atoms with van der Waals surface area (Å²) in [5.41, 5.74) is 0.757. The Morgan fingerprint density at radius 3 is 2.84 bits per heavy atom. The number of guanidine groups is 1. The molecule has 1 amide bonds. The predicted molar refractivity (Wildman–Crippen MR) is 136 cm³/mol. The Labute approximate surface area is 209 Å². The van der Waals surface area contributed by atoms with Gasteiger partial charge in [-0.15, -0.1) is 24.0 Å². The molecule has 3 heterocycles. The van der Waals surface area contributed by atoms with Crippen LogP contribution in [-0.4, -0.2) is 78.9 Å². The van der Waals surface area contributed by atoms with Crippen molar-refractivity contribution in [3.05, 3.63) is 30.1 Å². The SMILES string of the molecule is CN=C(NCCCN(Cc1cccnc1)C(=O)OC(C)(C)C)N1CCC2(CCOC2)C1.I. The molecule has 1 spiro atoms. The van der Waals surface area contributed by atoms with Gasteiger partial charge in [0.25, 0.3) is 0 Å². The van der Waals surface area contributed by atoms with E-state index in [1.54, 1.807) is 17.3 Å². The Morgan fingerprint density at radius 2 is 2.22 bits per heavy atom. The Morgan fingerprint density at radius 1 is 1.41 bits per heavy atom. The van der Waals surface area contributed by atoms with Crippen LogP contribution in [0.5, 0.6) is 0 Å². The summed E-state index contributed by atoms with van der Waals surface area (Å²) in [5.74, 6) is 0.930. The number of pyridine rings is 1. The lowest BCUT2D eigenvalue weighted by atomic mass is 9.87. The molecule has 1 atom stereocenters. The van der Waals surface area contributed by atoms with Crippen LogP contribution in [0.1, 0.15) is 45.6 Å². The predicted octanol–water partition coefficient (Wildman–Crippen LogP) is 3.51. The topological polar surface area (TPSA) is 79.3 Å². The van der Waals surface area contributed by atoms with Crippen molar-refractivity contribution in [2.24, 2.45) is 10.4 Å². The summed E-state index contributed by atoms with van der Waals surface area (Å²) in [5, 5.41) is 3.47. The fourth-order valence-electron chi connectivity index (χ4n) is 4.16. The molecule has 180 valence electrons. The van der Waals surface area contributed by atoms with Crippen molar-refractivity contribution < 1.29 is 14.3 Å². The lowest BCUT2D eigenvalue weighted by Crippen LogP contribution is -2.43. The molecule has 1 aromatic heterocycles. The van der Waals surface area contributed by atoms with E-state index in [0.717, 1.165) is 63.6 Å². The van der Waals surface area contributed by atoms with E-state index in [1.807, 2.05) is 40.0 Å². The third kappa shape index (κ3) is 7.75. The van der Waals surface area contributed by atoms with Gasteiger partial charge >= 0.3 is 6.09 Å². The summed E-state index contributed by atoms with van der Waals surface area (Å²) in [6.07, 6.45) is 6.30.